The fourth-order valence-electron chi connectivity index (χ4n) is 1.89. The van der Waals surface area contributed by atoms with Gasteiger partial charge in [0.05, 0.1) is 21.2 Å². The van der Waals surface area contributed by atoms with Crippen LogP contribution in [-0.2, 0) is 13.0 Å². The minimum atomic E-state index is -0.664. The number of nitrogens with zero attached hydrogens (tertiary/aromatic N) is 3. The number of carbonyl (C=O) groups is 1. The quantitative estimate of drug-likeness (QED) is 0.674. The summed E-state index contributed by atoms with van der Waals surface area (Å²) >= 11 is 1.03. The Hall–Kier alpha value is -2.22. The number of aryl methyl sites for hydroxylation is 2. The van der Waals surface area contributed by atoms with Crippen LogP contribution in [0.1, 0.15) is 29.2 Å². The van der Waals surface area contributed by atoms with Crippen molar-refractivity contribution in [1.82, 2.24) is 9.78 Å². The van der Waals surface area contributed by atoms with E-state index in [0.29, 0.717) is 17.1 Å². The molecule has 0 bridgehead atoms. The third-order valence-electron chi connectivity index (χ3n) is 2.88. The minimum absolute atomic E-state index is 0.110. The van der Waals surface area contributed by atoms with Crippen molar-refractivity contribution >= 4 is 22.9 Å². The molecule has 0 spiro atoms. The largest absolute Gasteiger partial charge is 0.365 e. The third kappa shape index (κ3) is 2.42. The van der Waals surface area contributed by atoms with E-state index in [-0.39, 0.29) is 10.6 Å². The normalized spacial score (nSPS) is 10.7. The summed E-state index contributed by atoms with van der Waals surface area (Å²) in [6, 6.07) is 3.04. The number of thiophene rings is 1. The highest BCUT2D eigenvalue weighted by Gasteiger charge is 2.25. The first-order valence-corrected chi connectivity index (χ1v) is 6.94. The predicted molar refractivity (Wildman–Crippen MR) is 75.8 cm³/mol. The van der Waals surface area contributed by atoms with E-state index >= 15 is 0 Å². The summed E-state index contributed by atoms with van der Waals surface area (Å²) in [5.41, 5.74) is 6.59. The summed E-state index contributed by atoms with van der Waals surface area (Å²) in [7, 11) is 0. The molecule has 1 amide bonds. The molecule has 0 saturated heterocycles. The Bertz CT molecular complexity index is 674. The molecule has 2 rings (SSSR count). The number of hydrogen-bond donors (Lipinski definition) is 1. The number of rotatable bonds is 5. The first-order chi connectivity index (χ1) is 9.47. The summed E-state index contributed by atoms with van der Waals surface area (Å²) in [6.45, 7) is 4.46. The van der Waals surface area contributed by atoms with Crippen molar-refractivity contribution in [2.45, 2.75) is 26.8 Å². The van der Waals surface area contributed by atoms with Gasteiger partial charge in [0.15, 0.2) is 0 Å². The zero-order chi connectivity index (χ0) is 14.9. The van der Waals surface area contributed by atoms with Crippen LogP contribution in [0.2, 0.25) is 0 Å². The van der Waals surface area contributed by atoms with Gasteiger partial charge in [-0.05, 0) is 19.4 Å². The molecule has 0 radical (unpaired) electrons. The lowest BCUT2D eigenvalue weighted by Gasteiger charge is -2.01. The summed E-state index contributed by atoms with van der Waals surface area (Å²) in [4.78, 5) is 22.4. The molecule has 0 atom stereocenters. The van der Waals surface area contributed by atoms with Crippen LogP contribution in [0.5, 0.6) is 0 Å². The standard InChI is InChI=1S/C12H14N4O3S/c1-3-7-5-8(15(4-2)14-7)11-9(16(18)19)6-10(20-11)12(13)17/h5-6H,3-4H2,1-2H3,(H2,13,17). The zero-order valence-corrected chi connectivity index (χ0v) is 11.9. The molecule has 2 N–H and O–H groups in total. The summed E-state index contributed by atoms with van der Waals surface area (Å²) in [5, 5.41) is 15.5. The molecular formula is C12H14N4O3S. The Morgan fingerprint density at radius 1 is 1.50 bits per heavy atom. The van der Waals surface area contributed by atoms with Crippen molar-refractivity contribution in [2.75, 3.05) is 0 Å². The van der Waals surface area contributed by atoms with Crippen molar-refractivity contribution in [2.24, 2.45) is 5.73 Å². The average molecular weight is 294 g/mol. The highest BCUT2D eigenvalue weighted by atomic mass is 32.1. The monoisotopic (exact) mass is 294 g/mol. The molecule has 20 heavy (non-hydrogen) atoms. The fraction of sp³-hybridized carbons (Fsp3) is 0.333. The van der Waals surface area contributed by atoms with Crippen LogP contribution in [0.3, 0.4) is 0 Å². The Kier molecular flexibility index (Phi) is 3.84. The van der Waals surface area contributed by atoms with E-state index in [1.165, 1.54) is 6.07 Å². The third-order valence-corrected chi connectivity index (χ3v) is 4.04. The lowest BCUT2D eigenvalue weighted by Crippen LogP contribution is -2.08. The Balaban J connectivity index is 2.64. The number of hydrogen-bond acceptors (Lipinski definition) is 5. The van der Waals surface area contributed by atoms with E-state index < -0.39 is 10.8 Å². The van der Waals surface area contributed by atoms with E-state index in [1.807, 2.05) is 19.9 Å². The second kappa shape index (κ2) is 5.41. The molecule has 0 saturated carbocycles. The molecule has 0 fully saturated rings. The van der Waals surface area contributed by atoms with Gasteiger partial charge in [-0.25, -0.2) is 0 Å². The van der Waals surface area contributed by atoms with Gasteiger partial charge in [0.1, 0.15) is 4.88 Å². The van der Waals surface area contributed by atoms with Gasteiger partial charge in [-0.3, -0.25) is 19.6 Å². The molecule has 106 valence electrons. The molecule has 8 heteroatoms. The second-order valence-electron chi connectivity index (χ2n) is 4.14. The number of nitrogens with two attached hydrogens (primary N) is 1. The zero-order valence-electron chi connectivity index (χ0n) is 11.1. The van der Waals surface area contributed by atoms with Crippen LogP contribution < -0.4 is 5.73 Å². The Morgan fingerprint density at radius 2 is 2.20 bits per heavy atom. The number of carbonyl (C=O) groups excluding carboxylic acids is 1. The predicted octanol–water partition coefficient (Wildman–Crippen LogP) is 2.20. The topological polar surface area (TPSA) is 104 Å². The van der Waals surface area contributed by atoms with Gasteiger partial charge in [-0.15, -0.1) is 11.3 Å². The molecule has 0 aromatic carbocycles. The number of amides is 1. The first kappa shape index (κ1) is 14.2. The molecule has 0 unspecified atom stereocenters. The van der Waals surface area contributed by atoms with Crippen molar-refractivity contribution in [3.8, 4) is 10.6 Å². The SMILES string of the molecule is CCc1cc(-c2sc(C(N)=O)cc2[N+](=O)[O-])n(CC)n1. The second-order valence-corrected chi connectivity index (χ2v) is 5.19. The smallest absolute Gasteiger partial charge is 0.290 e. The molecule has 2 heterocycles. The van der Waals surface area contributed by atoms with Gasteiger partial charge in [0, 0.05) is 12.6 Å². The van der Waals surface area contributed by atoms with Gasteiger partial charge in [-0.2, -0.15) is 5.10 Å². The molecule has 0 aliphatic heterocycles. The van der Waals surface area contributed by atoms with E-state index in [9.17, 15) is 14.9 Å². The highest BCUT2D eigenvalue weighted by molar-refractivity contribution is 7.18. The molecule has 7 nitrogen and oxygen atoms in total. The van der Waals surface area contributed by atoms with Crippen LogP contribution >= 0.6 is 11.3 Å². The maximum absolute atomic E-state index is 11.2. The summed E-state index contributed by atoms with van der Waals surface area (Å²) < 4.78 is 1.70. The van der Waals surface area contributed by atoms with Gasteiger partial charge in [-0.1, -0.05) is 6.92 Å². The Morgan fingerprint density at radius 3 is 2.70 bits per heavy atom. The van der Waals surface area contributed by atoms with Crippen LogP contribution in [-0.4, -0.2) is 20.6 Å². The van der Waals surface area contributed by atoms with E-state index in [0.717, 1.165) is 23.5 Å². The van der Waals surface area contributed by atoms with Crippen molar-refractivity contribution < 1.29 is 9.72 Å². The van der Waals surface area contributed by atoms with Crippen LogP contribution in [0.4, 0.5) is 5.69 Å². The van der Waals surface area contributed by atoms with Crippen molar-refractivity contribution in [3.05, 3.63) is 32.8 Å². The molecule has 0 aliphatic carbocycles. The van der Waals surface area contributed by atoms with Gasteiger partial charge in [0.25, 0.3) is 11.6 Å². The molecule has 0 aliphatic rings. The van der Waals surface area contributed by atoms with Gasteiger partial charge in [0.2, 0.25) is 0 Å². The summed E-state index contributed by atoms with van der Waals surface area (Å²) in [6.07, 6.45) is 0.738. The lowest BCUT2D eigenvalue weighted by atomic mass is 10.2. The van der Waals surface area contributed by atoms with Crippen LogP contribution in [0.15, 0.2) is 12.1 Å². The molecular weight excluding hydrogens is 280 g/mol. The minimum Gasteiger partial charge on any atom is -0.365 e. The van der Waals surface area contributed by atoms with Crippen LogP contribution in [0.25, 0.3) is 10.6 Å². The highest BCUT2D eigenvalue weighted by Crippen LogP contribution is 2.38. The van der Waals surface area contributed by atoms with Crippen molar-refractivity contribution in [1.29, 1.82) is 0 Å². The number of nitro groups is 1. The van der Waals surface area contributed by atoms with E-state index in [4.69, 9.17) is 5.73 Å². The van der Waals surface area contributed by atoms with Crippen LogP contribution in [0, 0.1) is 10.1 Å². The first-order valence-electron chi connectivity index (χ1n) is 6.13. The van der Waals surface area contributed by atoms with E-state index in [2.05, 4.69) is 5.10 Å². The summed E-state index contributed by atoms with van der Waals surface area (Å²) in [5.74, 6) is -0.664. The van der Waals surface area contributed by atoms with E-state index in [1.54, 1.807) is 4.68 Å². The Labute approximate surface area is 119 Å². The fourth-order valence-corrected chi connectivity index (χ4v) is 2.89. The molecule has 2 aromatic heterocycles. The molecule has 2 aromatic rings. The number of aromatic nitrogens is 2. The maximum atomic E-state index is 11.2. The average Bonchev–Trinajstić information content (AvgIpc) is 3.01. The van der Waals surface area contributed by atoms with Crippen molar-refractivity contribution in [3.63, 3.8) is 0 Å². The number of primary amides is 1. The van der Waals surface area contributed by atoms with Gasteiger partial charge < -0.3 is 5.73 Å². The lowest BCUT2D eigenvalue weighted by molar-refractivity contribution is -0.383. The van der Waals surface area contributed by atoms with Gasteiger partial charge >= 0.3 is 0 Å². The maximum Gasteiger partial charge on any atom is 0.290 e.